The molecule has 0 aliphatic carbocycles. The Labute approximate surface area is 109 Å². The van der Waals surface area contributed by atoms with Crippen LogP contribution < -0.4 is 5.32 Å². The van der Waals surface area contributed by atoms with Crippen LogP contribution in [0.25, 0.3) is 11.0 Å². The molecule has 18 heavy (non-hydrogen) atoms. The van der Waals surface area contributed by atoms with Gasteiger partial charge in [0.05, 0.1) is 11.6 Å². The molecule has 0 amide bonds. The maximum absolute atomic E-state index is 5.77. The highest BCUT2D eigenvalue weighted by molar-refractivity contribution is 6.30. The van der Waals surface area contributed by atoms with Crippen LogP contribution in [0.1, 0.15) is 5.76 Å². The fourth-order valence-electron chi connectivity index (χ4n) is 1.78. The van der Waals surface area contributed by atoms with Crippen LogP contribution in [0.3, 0.4) is 0 Å². The standard InChI is InChI=1S/C14H11ClN2O/c15-11-5-6-14(16-8-11)17-9-12-7-10-3-1-2-4-13(10)18-12/h1-8H,9H2,(H,16,17). The first-order valence-electron chi connectivity index (χ1n) is 5.64. The number of para-hydroxylation sites is 1. The molecular formula is C14H11ClN2O. The third kappa shape index (κ3) is 2.31. The molecular weight excluding hydrogens is 248 g/mol. The minimum Gasteiger partial charge on any atom is -0.459 e. The molecule has 0 saturated heterocycles. The Kier molecular flexibility index (Phi) is 2.90. The van der Waals surface area contributed by atoms with Crippen LogP contribution >= 0.6 is 11.6 Å². The zero-order valence-corrected chi connectivity index (χ0v) is 10.3. The predicted molar refractivity (Wildman–Crippen MR) is 72.8 cm³/mol. The minimum atomic E-state index is 0.601. The lowest BCUT2D eigenvalue weighted by Crippen LogP contribution is -1.99. The number of hydrogen-bond acceptors (Lipinski definition) is 3. The Morgan fingerprint density at radius 1 is 1.17 bits per heavy atom. The summed E-state index contributed by atoms with van der Waals surface area (Å²) >= 11 is 5.77. The van der Waals surface area contributed by atoms with Gasteiger partial charge < -0.3 is 9.73 Å². The number of pyridine rings is 1. The summed E-state index contributed by atoms with van der Waals surface area (Å²) in [5.41, 5.74) is 0.901. The van der Waals surface area contributed by atoms with E-state index in [0.29, 0.717) is 11.6 Å². The minimum absolute atomic E-state index is 0.601. The van der Waals surface area contributed by atoms with Crippen LogP contribution in [0.4, 0.5) is 5.82 Å². The first kappa shape index (κ1) is 11.1. The molecule has 90 valence electrons. The van der Waals surface area contributed by atoms with Crippen molar-refractivity contribution in [1.29, 1.82) is 0 Å². The van der Waals surface area contributed by atoms with Gasteiger partial charge >= 0.3 is 0 Å². The van der Waals surface area contributed by atoms with E-state index in [9.17, 15) is 0 Å². The summed E-state index contributed by atoms with van der Waals surface area (Å²) in [6.45, 7) is 0.601. The summed E-state index contributed by atoms with van der Waals surface area (Å²) in [5.74, 6) is 1.66. The zero-order valence-electron chi connectivity index (χ0n) is 9.56. The molecule has 0 aliphatic heterocycles. The molecule has 1 aromatic carbocycles. The fraction of sp³-hybridized carbons (Fsp3) is 0.0714. The van der Waals surface area contributed by atoms with Crippen molar-refractivity contribution in [2.45, 2.75) is 6.54 Å². The molecule has 4 heteroatoms. The molecule has 0 saturated carbocycles. The van der Waals surface area contributed by atoms with E-state index in [4.69, 9.17) is 16.0 Å². The average molecular weight is 259 g/mol. The molecule has 0 spiro atoms. The van der Waals surface area contributed by atoms with Gasteiger partial charge in [0, 0.05) is 11.6 Å². The molecule has 2 aromatic heterocycles. The van der Waals surface area contributed by atoms with Gasteiger partial charge in [0.2, 0.25) is 0 Å². The van der Waals surface area contributed by atoms with Gasteiger partial charge in [0.1, 0.15) is 17.2 Å². The molecule has 0 bridgehead atoms. The highest BCUT2D eigenvalue weighted by Crippen LogP contribution is 2.19. The number of hydrogen-bond donors (Lipinski definition) is 1. The number of rotatable bonds is 3. The normalized spacial score (nSPS) is 10.7. The Balaban J connectivity index is 1.74. The van der Waals surface area contributed by atoms with Gasteiger partial charge in [0.25, 0.3) is 0 Å². The van der Waals surface area contributed by atoms with Crippen LogP contribution in [0, 0.1) is 0 Å². The van der Waals surface area contributed by atoms with Crippen molar-refractivity contribution in [3.05, 3.63) is 59.4 Å². The van der Waals surface area contributed by atoms with Crippen LogP contribution in [0.15, 0.2) is 53.1 Å². The van der Waals surface area contributed by atoms with Crippen molar-refractivity contribution in [3.8, 4) is 0 Å². The van der Waals surface area contributed by atoms with Gasteiger partial charge in [-0.15, -0.1) is 0 Å². The maximum Gasteiger partial charge on any atom is 0.134 e. The van der Waals surface area contributed by atoms with Gasteiger partial charge in [-0.2, -0.15) is 0 Å². The smallest absolute Gasteiger partial charge is 0.134 e. The van der Waals surface area contributed by atoms with Gasteiger partial charge in [-0.25, -0.2) is 4.98 Å². The van der Waals surface area contributed by atoms with E-state index in [1.165, 1.54) is 0 Å². The van der Waals surface area contributed by atoms with Gasteiger partial charge in [-0.05, 0) is 24.3 Å². The SMILES string of the molecule is Clc1ccc(NCc2cc3ccccc3o2)nc1. The summed E-state index contributed by atoms with van der Waals surface area (Å²) in [6.07, 6.45) is 1.61. The molecule has 0 unspecified atom stereocenters. The van der Waals surface area contributed by atoms with E-state index in [1.54, 1.807) is 12.3 Å². The molecule has 0 atom stereocenters. The molecule has 3 nitrogen and oxygen atoms in total. The second kappa shape index (κ2) is 4.70. The monoisotopic (exact) mass is 258 g/mol. The van der Waals surface area contributed by atoms with Crippen molar-refractivity contribution in [2.24, 2.45) is 0 Å². The van der Waals surface area contributed by atoms with E-state index in [-0.39, 0.29) is 0 Å². The second-order valence-corrected chi connectivity index (χ2v) is 4.40. The van der Waals surface area contributed by atoms with Crippen LogP contribution in [0.2, 0.25) is 5.02 Å². The van der Waals surface area contributed by atoms with E-state index in [2.05, 4.69) is 10.3 Å². The molecule has 0 fully saturated rings. The quantitative estimate of drug-likeness (QED) is 0.769. The molecule has 3 rings (SSSR count). The lowest BCUT2D eigenvalue weighted by Gasteiger charge is -2.02. The number of anilines is 1. The van der Waals surface area contributed by atoms with Crippen molar-refractivity contribution in [3.63, 3.8) is 0 Å². The van der Waals surface area contributed by atoms with E-state index in [1.807, 2.05) is 36.4 Å². The second-order valence-electron chi connectivity index (χ2n) is 3.97. The Morgan fingerprint density at radius 3 is 2.83 bits per heavy atom. The van der Waals surface area contributed by atoms with Crippen LogP contribution in [0.5, 0.6) is 0 Å². The zero-order chi connectivity index (χ0) is 12.4. The lowest BCUT2D eigenvalue weighted by molar-refractivity contribution is 0.559. The van der Waals surface area contributed by atoms with Crippen LogP contribution in [-0.4, -0.2) is 4.98 Å². The Bertz CT molecular complexity index is 628. The highest BCUT2D eigenvalue weighted by Gasteiger charge is 2.02. The van der Waals surface area contributed by atoms with Gasteiger partial charge in [0.15, 0.2) is 0 Å². The van der Waals surface area contributed by atoms with Crippen molar-refractivity contribution in [1.82, 2.24) is 4.98 Å². The number of benzene rings is 1. The maximum atomic E-state index is 5.77. The van der Waals surface area contributed by atoms with Crippen molar-refractivity contribution in [2.75, 3.05) is 5.32 Å². The first-order valence-corrected chi connectivity index (χ1v) is 6.02. The number of halogens is 1. The predicted octanol–water partition coefficient (Wildman–Crippen LogP) is 4.09. The summed E-state index contributed by atoms with van der Waals surface area (Å²) in [5, 5.41) is 4.92. The largest absolute Gasteiger partial charge is 0.459 e. The van der Waals surface area contributed by atoms with Gasteiger partial charge in [-0.1, -0.05) is 29.8 Å². The Hall–Kier alpha value is -2.00. The topological polar surface area (TPSA) is 38.1 Å². The third-order valence-electron chi connectivity index (χ3n) is 2.65. The van der Waals surface area contributed by atoms with E-state index in [0.717, 1.165) is 22.5 Å². The van der Waals surface area contributed by atoms with E-state index < -0.39 is 0 Å². The van der Waals surface area contributed by atoms with Crippen molar-refractivity contribution < 1.29 is 4.42 Å². The Morgan fingerprint density at radius 2 is 2.06 bits per heavy atom. The van der Waals surface area contributed by atoms with E-state index >= 15 is 0 Å². The molecule has 2 heterocycles. The summed E-state index contributed by atoms with van der Waals surface area (Å²) in [6, 6.07) is 13.6. The number of fused-ring (bicyclic) bond motifs is 1. The average Bonchev–Trinajstić information content (AvgIpc) is 2.81. The highest BCUT2D eigenvalue weighted by atomic mass is 35.5. The van der Waals surface area contributed by atoms with Crippen molar-refractivity contribution >= 4 is 28.4 Å². The first-order chi connectivity index (χ1) is 8.81. The third-order valence-corrected chi connectivity index (χ3v) is 2.87. The van der Waals surface area contributed by atoms with Crippen LogP contribution in [-0.2, 0) is 6.54 Å². The molecule has 1 N–H and O–H groups in total. The molecule has 0 aliphatic rings. The fourth-order valence-corrected chi connectivity index (χ4v) is 1.89. The summed E-state index contributed by atoms with van der Waals surface area (Å²) < 4.78 is 5.70. The molecule has 3 aromatic rings. The molecule has 0 radical (unpaired) electrons. The summed E-state index contributed by atoms with van der Waals surface area (Å²) in [7, 11) is 0. The number of nitrogens with one attached hydrogen (secondary N) is 1. The lowest BCUT2D eigenvalue weighted by atomic mass is 10.2. The number of aromatic nitrogens is 1. The summed E-state index contributed by atoms with van der Waals surface area (Å²) in [4.78, 5) is 4.16. The van der Waals surface area contributed by atoms with Gasteiger partial charge in [-0.3, -0.25) is 0 Å². The number of nitrogens with zero attached hydrogens (tertiary/aromatic N) is 1. The number of furan rings is 1.